The summed E-state index contributed by atoms with van der Waals surface area (Å²) in [6, 6.07) is 4.12. The SMILES string of the molecule is CCc1cc(CCl)cc(N(C)CCCOC)n1. The van der Waals surface area contributed by atoms with Crippen LogP contribution in [-0.2, 0) is 17.0 Å². The molecule has 0 bridgehead atoms. The van der Waals surface area contributed by atoms with Gasteiger partial charge in [-0.2, -0.15) is 0 Å². The zero-order valence-electron chi connectivity index (χ0n) is 10.9. The molecule has 0 aliphatic rings. The first-order valence-electron chi connectivity index (χ1n) is 5.97. The molecule has 3 nitrogen and oxygen atoms in total. The maximum atomic E-state index is 5.89. The monoisotopic (exact) mass is 256 g/mol. The van der Waals surface area contributed by atoms with Crippen LogP contribution in [0.3, 0.4) is 0 Å². The summed E-state index contributed by atoms with van der Waals surface area (Å²) in [5.74, 6) is 1.53. The van der Waals surface area contributed by atoms with E-state index in [1.54, 1.807) is 7.11 Å². The molecular weight excluding hydrogens is 236 g/mol. The Labute approximate surface area is 109 Å². The number of halogens is 1. The fourth-order valence-corrected chi connectivity index (χ4v) is 1.80. The Morgan fingerprint density at radius 2 is 2.18 bits per heavy atom. The fourth-order valence-electron chi connectivity index (χ4n) is 1.65. The van der Waals surface area contributed by atoms with Crippen molar-refractivity contribution < 1.29 is 4.74 Å². The third kappa shape index (κ3) is 4.52. The first-order valence-corrected chi connectivity index (χ1v) is 6.50. The average Bonchev–Trinajstić information content (AvgIpc) is 2.38. The van der Waals surface area contributed by atoms with Crippen molar-refractivity contribution >= 4 is 17.4 Å². The normalized spacial score (nSPS) is 10.6. The van der Waals surface area contributed by atoms with Crippen LogP contribution in [0.25, 0.3) is 0 Å². The van der Waals surface area contributed by atoms with Gasteiger partial charge in [-0.05, 0) is 30.5 Å². The van der Waals surface area contributed by atoms with E-state index in [4.69, 9.17) is 16.3 Å². The van der Waals surface area contributed by atoms with Crippen LogP contribution in [0.4, 0.5) is 5.82 Å². The fraction of sp³-hybridized carbons (Fsp3) is 0.615. The number of hydrogen-bond donors (Lipinski definition) is 0. The first kappa shape index (κ1) is 14.3. The minimum absolute atomic E-state index is 0.536. The number of aryl methyl sites for hydroxylation is 1. The van der Waals surface area contributed by atoms with Crippen molar-refractivity contribution in [2.24, 2.45) is 0 Å². The third-order valence-electron chi connectivity index (χ3n) is 2.67. The molecule has 0 amide bonds. The largest absolute Gasteiger partial charge is 0.385 e. The lowest BCUT2D eigenvalue weighted by Gasteiger charge is -2.19. The van der Waals surface area contributed by atoms with Gasteiger partial charge in [-0.3, -0.25) is 0 Å². The smallest absolute Gasteiger partial charge is 0.128 e. The van der Waals surface area contributed by atoms with Gasteiger partial charge in [-0.1, -0.05) is 6.92 Å². The van der Waals surface area contributed by atoms with E-state index in [-0.39, 0.29) is 0 Å². The zero-order valence-corrected chi connectivity index (χ0v) is 11.6. The van der Waals surface area contributed by atoms with Crippen molar-refractivity contribution in [3.63, 3.8) is 0 Å². The van der Waals surface area contributed by atoms with Crippen LogP contribution < -0.4 is 4.90 Å². The van der Waals surface area contributed by atoms with Gasteiger partial charge in [0.2, 0.25) is 0 Å². The van der Waals surface area contributed by atoms with Crippen LogP contribution in [0.2, 0.25) is 0 Å². The lowest BCUT2D eigenvalue weighted by molar-refractivity contribution is 0.196. The number of nitrogens with zero attached hydrogens (tertiary/aromatic N) is 2. The number of anilines is 1. The number of methoxy groups -OCH3 is 1. The maximum Gasteiger partial charge on any atom is 0.128 e. The van der Waals surface area contributed by atoms with E-state index in [9.17, 15) is 0 Å². The van der Waals surface area contributed by atoms with Gasteiger partial charge in [-0.25, -0.2) is 4.98 Å². The van der Waals surface area contributed by atoms with E-state index < -0.39 is 0 Å². The molecular formula is C13H21ClN2O. The molecule has 0 aliphatic carbocycles. The molecule has 17 heavy (non-hydrogen) atoms. The lowest BCUT2D eigenvalue weighted by Crippen LogP contribution is -2.21. The summed E-state index contributed by atoms with van der Waals surface area (Å²) in [6.07, 6.45) is 1.94. The Hall–Kier alpha value is -0.800. The van der Waals surface area contributed by atoms with E-state index in [1.165, 1.54) is 0 Å². The highest BCUT2D eigenvalue weighted by atomic mass is 35.5. The average molecular weight is 257 g/mol. The molecule has 0 aliphatic heterocycles. The molecule has 0 unspecified atom stereocenters. The molecule has 0 atom stereocenters. The van der Waals surface area contributed by atoms with Crippen molar-refractivity contribution in [3.8, 4) is 0 Å². The summed E-state index contributed by atoms with van der Waals surface area (Å²) in [7, 11) is 3.77. The molecule has 0 radical (unpaired) electrons. The van der Waals surface area contributed by atoms with Crippen molar-refractivity contribution in [3.05, 3.63) is 23.4 Å². The molecule has 1 rings (SSSR count). The van der Waals surface area contributed by atoms with Crippen LogP contribution in [0.15, 0.2) is 12.1 Å². The van der Waals surface area contributed by atoms with Crippen LogP contribution in [0.5, 0.6) is 0 Å². The highest BCUT2D eigenvalue weighted by Gasteiger charge is 2.05. The third-order valence-corrected chi connectivity index (χ3v) is 2.98. The van der Waals surface area contributed by atoms with E-state index in [2.05, 4.69) is 36.0 Å². The second kappa shape index (κ2) is 7.51. The number of hydrogen-bond acceptors (Lipinski definition) is 3. The van der Waals surface area contributed by atoms with Gasteiger partial charge < -0.3 is 9.64 Å². The number of rotatable bonds is 7. The quantitative estimate of drug-likeness (QED) is 0.554. The molecule has 96 valence electrons. The molecule has 0 N–H and O–H groups in total. The predicted molar refractivity (Wildman–Crippen MR) is 72.9 cm³/mol. The van der Waals surface area contributed by atoms with Crippen molar-refractivity contribution in [1.29, 1.82) is 0 Å². The maximum absolute atomic E-state index is 5.89. The number of aromatic nitrogens is 1. The molecule has 0 fully saturated rings. The summed E-state index contributed by atoms with van der Waals surface area (Å²) in [5, 5.41) is 0. The second-order valence-corrected chi connectivity index (χ2v) is 4.35. The van der Waals surface area contributed by atoms with Crippen LogP contribution in [0.1, 0.15) is 24.6 Å². The summed E-state index contributed by atoms with van der Waals surface area (Å²) >= 11 is 5.89. The highest BCUT2D eigenvalue weighted by molar-refractivity contribution is 6.17. The molecule has 4 heteroatoms. The van der Waals surface area contributed by atoms with E-state index >= 15 is 0 Å². The van der Waals surface area contributed by atoms with E-state index in [1.807, 2.05) is 0 Å². The van der Waals surface area contributed by atoms with Crippen LogP contribution in [0, 0.1) is 0 Å². The summed E-state index contributed by atoms with van der Waals surface area (Å²) < 4.78 is 5.05. The topological polar surface area (TPSA) is 25.4 Å². The molecule has 0 aromatic carbocycles. The lowest BCUT2D eigenvalue weighted by atomic mass is 10.2. The van der Waals surface area contributed by atoms with Gasteiger partial charge in [0.25, 0.3) is 0 Å². The van der Waals surface area contributed by atoms with Crippen molar-refractivity contribution in [2.75, 3.05) is 32.2 Å². The Morgan fingerprint density at radius 1 is 1.41 bits per heavy atom. The predicted octanol–water partition coefficient (Wildman–Crippen LogP) is 2.86. The van der Waals surface area contributed by atoms with E-state index in [0.29, 0.717) is 5.88 Å². The minimum atomic E-state index is 0.536. The van der Waals surface area contributed by atoms with Gasteiger partial charge in [0.15, 0.2) is 0 Å². The summed E-state index contributed by atoms with van der Waals surface area (Å²) in [6.45, 7) is 3.82. The summed E-state index contributed by atoms with van der Waals surface area (Å²) in [5.41, 5.74) is 2.23. The van der Waals surface area contributed by atoms with Gasteiger partial charge in [0.05, 0.1) is 0 Å². The first-order chi connectivity index (χ1) is 8.21. The molecule has 0 spiro atoms. The number of pyridine rings is 1. The molecule has 0 saturated heterocycles. The molecule has 1 heterocycles. The van der Waals surface area contributed by atoms with Crippen molar-refractivity contribution in [2.45, 2.75) is 25.6 Å². The second-order valence-electron chi connectivity index (χ2n) is 4.08. The molecule has 0 saturated carbocycles. The Balaban J connectivity index is 2.73. The molecule has 1 aromatic heterocycles. The highest BCUT2D eigenvalue weighted by Crippen LogP contribution is 2.16. The number of alkyl halides is 1. The number of ether oxygens (including phenoxy) is 1. The van der Waals surface area contributed by atoms with Crippen LogP contribution >= 0.6 is 11.6 Å². The van der Waals surface area contributed by atoms with Gasteiger partial charge >= 0.3 is 0 Å². The zero-order chi connectivity index (χ0) is 12.7. The van der Waals surface area contributed by atoms with Gasteiger partial charge in [0, 0.05) is 38.9 Å². The summed E-state index contributed by atoms with van der Waals surface area (Å²) in [4.78, 5) is 6.75. The Morgan fingerprint density at radius 3 is 2.76 bits per heavy atom. The minimum Gasteiger partial charge on any atom is -0.385 e. The van der Waals surface area contributed by atoms with Gasteiger partial charge in [0.1, 0.15) is 5.82 Å². The van der Waals surface area contributed by atoms with Gasteiger partial charge in [-0.15, -0.1) is 11.6 Å². The Bertz CT molecular complexity index is 322. The standard InChI is InChI=1S/C13H21ClN2O/c1-4-12-8-11(10-14)9-13(15-12)16(2)6-5-7-17-3/h8-9H,4-7,10H2,1-3H3. The molecule has 1 aromatic rings. The van der Waals surface area contributed by atoms with Crippen molar-refractivity contribution in [1.82, 2.24) is 4.98 Å². The van der Waals surface area contributed by atoms with E-state index in [0.717, 1.165) is 43.1 Å². The van der Waals surface area contributed by atoms with Crippen LogP contribution in [-0.4, -0.2) is 32.3 Å². The Kier molecular flexibility index (Phi) is 6.30.